The molecule has 0 bridgehead atoms. The van der Waals surface area contributed by atoms with E-state index in [0.29, 0.717) is 5.92 Å². The van der Waals surface area contributed by atoms with Gasteiger partial charge in [0.15, 0.2) is 0 Å². The highest BCUT2D eigenvalue weighted by atomic mass is 16.2. The third-order valence-electron chi connectivity index (χ3n) is 4.28. The van der Waals surface area contributed by atoms with E-state index in [1.165, 1.54) is 24.0 Å². The Labute approximate surface area is 122 Å². The van der Waals surface area contributed by atoms with Crippen molar-refractivity contribution in [2.24, 2.45) is 5.92 Å². The zero-order valence-corrected chi connectivity index (χ0v) is 12.8. The van der Waals surface area contributed by atoms with Crippen molar-refractivity contribution in [3.63, 3.8) is 0 Å². The second-order valence-corrected chi connectivity index (χ2v) is 6.15. The molecule has 2 N–H and O–H groups in total. The third kappa shape index (κ3) is 3.75. The predicted octanol–water partition coefficient (Wildman–Crippen LogP) is 3.80. The molecule has 3 heteroatoms. The lowest BCUT2D eigenvalue weighted by molar-refractivity contribution is 0.230. The molecule has 20 heavy (non-hydrogen) atoms. The lowest BCUT2D eigenvalue weighted by atomic mass is 9.99. The van der Waals surface area contributed by atoms with Crippen LogP contribution in [0.5, 0.6) is 0 Å². The minimum atomic E-state index is -0.0482. The van der Waals surface area contributed by atoms with Crippen molar-refractivity contribution in [1.82, 2.24) is 10.6 Å². The van der Waals surface area contributed by atoms with Crippen molar-refractivity contribution in [3.8, 4) is 0 Å². The highest BCUT2D eigenvalue weighted by Gasteiger charge is 2.20. The molecule has 0 spiro atoms. The summed E-state index contributed by atoms with van der Waals surface area (Å²) in [5, 5.41) is 6.18. The Balaban J connectivity index is 2.04. The van der Waals surface area contributed by atoms with Gasteiger partial charge in [-0.25, -0.2) is 4.79 Å². The van der Waals surface area contributed by atoms with Crippen molar-refractivity contribution in [1.29, 1.82) is 0 Å². The van der Waals surface area contributed by atoms with E-state index in [2.05, 4.69) is 48.7 Å². The number of urea groups is 1. The van der Waals surface area contributed by atoms with E-state index >= 15 is 0 Å². The van der Waals surface area contributed by atoms with Crippen molar-refractivity contribution >= 4 is 6.03 Å². The van der Waals surface area contributed by atoms with Gasteiger partial charge in [-0.15, -0.1) is 0 Å². The Morgan fingerprint density at radius 1 is 1.20 bits per heavy atom. The first kappa shape index (κ1) is 14.9. The van der Waals surface area contributed by atoms with Gasteiger partial charge in [0.1, 0.15) is 0 Å². The van der Waals surface area contributed by atoms with E-state index < -0.39 is 0 Å². The number of carbonyl (C=O) groups excluding carboxylic acids is 1. The predicted molar refractivity (Wildman–Crippen MR) is 82.7 cm³/mol. The maximum Gasteiger partial charge on any atom is 0.315 e. The van der Waals surface area contributed by atoms with Crippen LogP contribution in [0.25, 0.3) is 0 Å². The quantitative estimate of drug-likeness (QED) is 0.809. The molecule has 3 nitrogen and oxygen atoms in total. The molecular weight excluding hydrogens is 248 g/mol. The summed E-state index contributed by atoms with van der Waals surface area (Å²) >= 11 is 0. The molecule has 1 aromatic rings. The van der Waals surface area contributed by atoms with E-state index in [9.17, 15) is 4.79 Å². The Morgan fingerprint density at radius 3 is 2.70 bits per heavy atom. The number of nitrogens with one attached hydrogen (secondary N) is 2. The van der Waals surface area contributed by atoms with Gasteiger partial charge in [0.05, 0.1) is 6.04 Å². The maximum absolute atomic E-state index is 12.1. The molecule has 1 aliphatic carbocycles. The molecule has 0 aliphatic heterocycles. The summed E-state index contributed by atoms with van der Waals surface area (Å²) in [5.74, 6) is 0.446. The number of fused-ring (bicyclic) bond motifs is 1. The molecule has 2 amide bonds. The van der Waals surface area contributed by atoms with E-state index in [1.54, 1.807) is 0 Å². The van der Waals surface area contributed by atoms with Crippen LogP contribution in [0.1, 0.15) is 57.2 Å². The summed E-state index contributed by atoms with van der Waals surface area (Å²) in [7, 11) is 0. The second kappa shape index (κ2) is 6.78. The lowest BCUT2D eigenvalue weighted by Gasteiger charge is -2.23. The largest absolute Gasteiger partial charge is 0.335 e. The highest BCUT2D eigenvalue weighted by molar-refractivity contribution is 5.74. The smallest absolute Gasteiger partial charge is 0.315 e. The third-order valence-corrected chi connectivity index (χ3v) is 4.28. The maximum atomic E-state index is 12.1. The van der Waals surface area contributed by atoms with Crippen LogP contribution in [0.3, 0.4) is 0 Å². The van der Waals surface area contributed by atoms with E-state index in [4.69, 9.17) is 0 Å². The summed E-state index contributed by atoms with van der Waals surface area (Å²) in [5.41, 5.74) is 2.67. The number of rotatable bonds is 3. The number of hydrogen-bond acceptors (Lipinski definition) is 1. The van der Waals surface area contributed by atoms with Crippen molar-refractivity contribution in [3.05, 3.63) is 35.4 Å². The first-order chi connectivity index (χ1) is 9.58. The van der Waals surface area contributed by atoms with E-state index in [-0.39, 0.29) is 18.1 Å². The minimum Gasteiger partial charge on any atom is -0.335 e. The second-order valence-electron chi connectivity index (χ2n) is 6.15. The van der Waals surface area contributed by atoms with Crippen LogP contribution < -0.4 is 10.6 Å². The summed E-state index contributed by atoms with van der Waals surface area (Å²) < 4.78 is 0. The van der Waals surface area contributed by atoms with Gasteiger partial charge in [-0.3, -0.25) is 0 Å². The molecule has 110 valence electrons. The molecular formula is C17H26N2O. The SMILES string of the molecule is CC(C)C(C)NC(=O)NC1CCCCc2ccccc21. The van der Waals surface area contributed by atoms with Crippen molar-refractivity contribution < 1.29 is 4.79 Å². The molecule has 2 atom stereocenters. The van der Waals surface area contributed by atoms with Gasteiger partial charge in [0, 0.05) is 6.04 Å². The van der Waals surface area contributed by atoms with Crippen LogP contribution in [0, 0.1) is 5.92 Å². The number of aryl methyl sites for hydroxylation is 1. The number of hydrogen-bond donors (Lipinski definition) is 2. The Bertz CT molecular complexity index is 456. The molecule has 0 heterocycles. The fourth-order valence-electron chi connectivity index (χ4n) is 2.64. The zero-order valence-electron chi connectivity index (χ0n) is 12.8. The molecule has 1 aliphatic rings. The fourth-order valence-corrected chi connectivity index (χ4v) is 2.64. The first-order valence-electron chi connectivity index (χ1n) is 7.72. The van der Waals surface area contributed by atoms with Gasteiger partial charge < -0.3 is 10.6 Å². The Morgan fingerprint density at radius 2 is 1.95 bits per heavy atom. The fraction of sp³-hybridized carbons (Fsp3) is 0.588. The van der Waals surface area contributed by atoms with Crippen LogP contribution in [-0.2, 0) is 6.42 Å². The summed E-state index contributed by atoms with van der Waals surface area (Å²) in [6.07, 6.45) is 4.53. The lowest BCUT2D eigenvalue weighted by Crippen LogP contribution is -2.44. The van der Waals surface area contributed by atoms with Gasteiger partial charge >= 0.3 is 6.03 Å². The molecule has 0 radical (unpaired) electrons. The number of benzene rings is 1. The summed E-state index contributed by atoms with van der Waals surface area (Å²) in [4.78, 5) is 12.1. The van der Waals surface area contributed by atoms with Crippen LogP contribution >= 0.6 is 0 Å². The van der Waals surface area contributed by atoms with Gasteiger partial charge in [0.2, 0.25) is 0 Å². The molecule has 0 saturated heterocycles. The first-order valence-corrected chi connectivity index (χ1v) is 7.72. The molecule has 0 saturated carbocycles. The van der Waals surface area contributed by atoms with Gasteiger partial charge in [-0.2, -0.15) is 0 Å². The van der Waals surface area contributed by atoms with E-state index in [1.807, 2.05) is 6.92 Å². The average molecular weight is 274 g/mol. The topological polar surface area (TPSA) is 41.1 Å². The van der Waals surface area contributed by atoms with Gasteiger partial charge in [0.25, 0.3) is 0 Å². The highest BCUT2D eigenvalue weighted by Crippen LogP contribution is 2.28. The van der Waals surface area contributed by atoms with Crippen LogP contribution in [0.2, 0.25) is 0 Å². The van der Waals surface area contributed by atoms with Crippen molar-refractivity contribution in [2.45, 2.75) is 58.5 Å². The minimum absolute atomic E-state index is 0.0482. The molecule has 2 unspecified atom stereocenters. The Kier molecular flexibility index (Phi) is 5.05. The van der Waals surface area contributed by atoms with Crippen molar-refractivity contribution in [2.75, 3.05) is 0 Å². The standard InChI is InChI=1S/C17H26N2O/c1-12(2)13(3)18-17(20)19-16-11-7-5-9-14-8-4-6-10-15(14)16/h4,6,8,10,12-13,16H,5,7,9,11H2,1-3H3,(H2,18,19,20). The monoisotopic (exact) mass is 274 g/mol. The number of carbonyl (C=O) groups is 1. The summed E-state index contributed by atoms with van der Waals surface area (Å²) in [6.45, 7) is 6.28. The van der Waals surface area contributed by atoms with Gasteiger partial charge in [-0.1, -0.05) is 44.5 Å². The molecule has 0 aromatic heterocycles. The number of amides is 2. The molecule has 0 fully saturated rings. The average Bonchev–Trinajstić information content (AvgIpc) is 2.61. The molecule has 2 rings (SSSR count). The van der Waals surface area contributed by atoms with E-state index in [0.717, 1.165) is 12.8 Å². The van der Waals surface area contributed by atoms with Crippen LogP contribution in [-0.4, -0.2) is 12.1 Å². The molecule has 1 aromatic carbocycles. The van der Waals surface area contributed by atoms with Crippen LogP contribution in [0.4, 0.5) is 4.79 Å². The Hall–Kier alpha value is -1.51. The van der Waals surface area contributed by atoms with Gasteiger partial charge in [-0.05, 0) is 43.2 Å². The normalized spacial score (nSPS) is 19.9. The van der Waals surface area contributed by atoms with Crippen LogP contribution in [0.15, 0.2) is 24.3 Å². The zero-order chi connectivity index (χ0) is 14.5. The summed E-state index contributed by atoms with van der Waals surface area (Å²) in [6, 6.07) is 8.77.